The highest BCUT2D eigenvalue weighted by Crippen LogP contribution is 2.29. The lowest BCUT2D eigenvalue weighted by Gasteiger charge is -2.24. The number of aromatic nitrogens is 2. The molecule has 2 heterocycles. The molecule has 1 aromatic heterocycles. The third kappa shape index (κ3) is 2.89. The molecule has 1 atom stereocenters. The van der Waals surface area contributed by atoms with Gasteiger partial charge in [-0.2, -0.15) is 5.10 Å². The maximum absolute atomic E-state index is 5.78. The molecule has 5 heteroatoms. The van der Waals surface area contributed by atoms with E-state index in [1.165, 1.54) is 0 Å². The summed E-state index contributed by atoms with van der Waals surface area (Å²) in [6.45, 7) is 2.33. The van der Waals surface area contributed by atoms with E-state index in [2.05, 4.69) is 15.5 Å². The van der Waals surface area contributed by atoms with E-state index in [0.29, 0.717) is 12.5 Å². The van der Waals surface area contributed by atoms with Gasteiger partial charge >= 0.3 is 0 Å². The predicted octanol–water partition coefficient (Wildman–Crippen LogP) is 1.93. The smallest absolute Gasteiger partial charge is 0.244 e. The molecule has 3 rings (SSSR count). The summed E-state index contributed by atoms with van der Waals surface area (Å²) in [5.74, 6) is 1.25. The minimum Gasteiger partial charge on any atom is -0.437 e. The first-order valence-electron chi connectivity index (χ1n) is 6.30. The van der Waals surface area contributed by atoms with E-state index in [9.17, 15) is 0 Å². The fraction of sp³-hybridized carbons (Fsp3) is 0.286. The molecular weight excluding hydrogens is 242 g/mol. The summed E-state index contributed by atoms with van der Waals surface area (Å²) >= 11 is 0. The summed E-state index contributed by atoms with van der Waals surface area (Å²) in [6, 6.07) is 11.5. The van der Waals surface area contributed by atoms with Crippen molar-refractivity contribution >= 4 is 0 Å². The van der Waals surface area contributed by atoms with Crippen molar-refractivity contribution in [2.75, 3.05) is 19.7 Å². The van der Waals surface area contributed by atoms with E-state index < -0.39 is 0 Å². The van der Waals surface area contributed by atoms with Crippen LogP contribution in [0.3, 0.4) is 0 Å². The van der Waals surface area contributed by atoms with E-state index in [-0.39, 0.29) is 6.10 Å². The summed E-state index contributed by atoms with van der Waals surface area (Å²) in [5.41, 5.74) is 0.922. The number of rotatable bonds is 3. The summed E-state index contributed by atoms with van der Waals surface area (Å²) in [6.07, 6.45) is 1.62. The molecule has 1 aromatic carbocycles. The van der Waals surface area contributed by atoms with Crippen LogP contribution >= 0.6 is 0 Å². The lowest BCUT2D eigenvalue weighted by molar-refractivity contribution is 0.0260. The van der Waals surface area contributed by atoms with Crippen LogP contribution in [0.5, 0.6) is 11.6 Å². The second-order valence-electron chi connectivity index (χ2n) is 4.27. The molecule has 0 radical (unpaired) electrons. The van der Waals surface area contributed by atoms with Crippen LogP contribution in [0.25, 0.3) is 0 Å². The van der Waals surface area contributed by atoms with Gasteiger partial charge in [0.05, 0.1) is 12.8 Å². The second kappa shape index (κ2) is 5.77. The molecule has 19 heavy (non-hydrogen) atoms. The lowest BCUT2D eigenvalue weighted by Crippen LogP contribution is -2.33. The molecule has 2 aromatic rings. The van der Waals surface area contributed by atoms with Gasteiger partial charge in [-0.3, -0.25) is 0 Å². The van der Waals surface area contributed by atoms with Gasteiger partial charge in [0.25, 0.3) is 0 Å². The van der Waals surface area contributed by atoms with Crippen molar-refractivity contribution in [1.29, 1.82) is 0 Å². The van der Waals surface area contributed by atoms with Crippen LogP contribution in [0, 0.1) is 0 Å². The molecule has 1 unspecified atom stereocenters. The zero-order chi connectivity index (χ0) is 12.9. The number of hydrogen-bond acceptors (Lipinski definition) is 5. The molecule has 0 aliphatic carbocycles. The summed E-state index contributed by atoms with van der Waals surface area (Å²) in [4.78, 5) is 0. The molecule has 0 bridgehead atoms. The van der Waals surface area contributed by atoms with Crippen molar-refractivity contribution < 1.29 is 9.47 Å². The standard InChI is InChI=1S/C14H15N3O2/c1-2-4-11(5-3-1)19-14-12(6-7-16-17-14)13-10-15-8-9-18-13/h1-7,13,15H,8-10H2. The quantitative estimate of drug-likeness (QED) is 0.910. The Morgan fingerprint density at radius 3 is 2.89 bits per heavy atom. The number of morpholine rings is 1. The zero-order valence-corrected chi connectivity index (χ0v) is 10.5. The fourth-order valence-electron chi connectivity index (χ4n) is 2.02. The fourth-order valence-corrected chi connectivity index (χ4v) is 2.02. The van der Waals surface area contributed by atoms with Gasteiger partial charge in [0, 0.05) is 18.7 Å². The van der Waals surface area contributed by atoms with Gasteiger partial charge in [-0.25, -0.2) is 0 Å². The maximum Gasteiger partial charge on any atom is 0.244 e. The number of benzene rings is 1. The van der Waals surface area contributed by atoms with Gasteiger partial charge in [-0.1, -0.05) is 18.2 Å². The molecule has 1 fully saturated rings. The minimum atomic E-state index is -0.0389. The van der Waals surface area contributed by atoms with Gasteiger partial charge in [0.2, 0.25) is 5.88 Å². The highest BCUT2D eigenvalue weighted by molar-refractivity contribution is 5.32. The molecule has 0 saturated carbocycles. The largest absolute Gasteiger partial charge is 0.437 e. The van der Waals surface area contributed by atoms with Gasteiger partial charge in [-0.15, -0.1) is 5.10 Å². The van der Waals surface area contributed by atoms with E-state index >= 15 is 0 Å². The van der Waals surface area contributed by atoms with E-state index in [1.54, 1.807) is 6.20 Å². The van der Waals surface area contributed by atoms with Crippen molar-refractivity contribution in [3.05, 3.63) is 48.2 Å². The predicted molar refractivity (Wildman–Crippen MR) is 70.1 cm³/mol. The Kier molecular flexibility index (Phi) is 3.67. The van der Waals surface area contributed by atoms with Gasteiger partial charge in [0.1, 0.15) is 11.9 Å². The average molecular weight is 257 g/mol. The first-order chi connectivity index (χ1) is 9.43. The molecule has 1 aliphatic heterocycles. The highest BCUT2D eigenvalue weighted by atomic mass is 16.5. The molecule has 0 spiro atoms. The Bertz CT molecular complexity index is 527. The Morgan fingerprint density at radius 2 is 2.11 bits per heavy atom. The Hall–Kier alpha value is -1.98. The van der Waals surface area contributed by atoms with Gasteiger partial charge in [-0.05, 0) is 18.2 Å². The summed E-state index contributed by atoms with van der Waals surface area (Å²) in [7, 11) is 0. The zero-order valence-electron chi connectivity index (χ0n) is 10.5. The number of nitrogens with zero attached hydrogens (tertiary/aromatic N) is 2. The average Bonchev–Trinajstić information content (AvgIpc) is 2.50. The van der Waals surface area contributed by atoms with E-state index in [0.717, 1.165) is 24.4 Å². The van der Waals surface area contributed by atoms with Crippen molar-refractivity contribution in [3.63, 3.8) is 0 Å². The van der Waals surface area contributed by atoms with Crippen LogP contribution in [-0.4, -0.2) is 29.9 Å². The normalized spacial score (nSPS) is 19.1. The van der Waals surface area contributed by atoms with Crippen LogP contribution in [-0.2, 0) is 4.74 Å². The van der Waals surface area contributed by atoms with Crippen LogP contribution in [0.15, 0.2) is 42.6 Å². The lowest BCUT2D eigenvalue weighted by atomic mass is 10.1. The van der Waals surface area contributed by atoms with Crippen LogP contribution in [0.2, 0.25) is 0 Å². The summed E-state index contributed by atoms with van der Waals surface area (Å²) in [5, 5.41) is 11.3. The molecular formula is C14H15N3O2. The van der Waals surface area contributed by atoms with Crippen molar-refractivity contribution in [2.24, 2.45) is 0 Å². The molecule has 1 N–H and O–H groups in total. The Balaban J connectivity index is 1.84. The number of nitrogens with one attached hydrogen (secondary N) is 1. The third-order valence-corrected chi connectivity index (χ3v) is 2.95. The van der Waals surface area contributed by atoms with E-state index in [1.807, 2.05) is 36.4 Å². The first-order valence-corrected chi connectivity index (χ1v) is 6.30. The van der Waals surface area contributed by atoms with Gasteiger partial charge in [0.15, 0.2) is 0 Å². The van der Waals surface area contributed by atoms with Crippen LogP contribution in [0.4, 0.5) is 0 Å². The highest BCUT2D eigenvalue weighted by Gasteiger charge is 2.21. The Labute approximate surface area is 111 Å². The SMILES string of the molecule is c1ccc(Oc2nnccc2C2CNCCO2)cc1. The maximum atomic E-state index is 5.78. The van der Waals surface area contributed by atoms with Crippen LogP contribution in [0.1, 0.15) is 11.7 Å². The second-order valence-corrected chi connectivity index (χ2v) is 4.27. The monoisotopic (exact) mass is 257 g/mol. The van der Waals surface area contributed by atoms with Crippen molar-refractivity contribution in [1.82, 2.24) is 15.5 Å². The van der Waals surface area contributed by atoms with E-state index in [4.69, 9.17) is 9.47 Å². The summed E-state index contributed by atoms with van der Waals surface area (Å²) < 4.78 is 11.5. The molecule has 5 nitrogen and oxygen atoms in total. The van der Waals surface area contributed by atoms with Crippen molar-refractivity contribution in [2.45, 2.75) is 6.10 Å². The molecule has 1 saturated heterocycles. The molecule has 98 valence electrons. The number of ether oxygens (including phenoxy) is 2. The number of para-hydroxylation sites is 1. The molecule has 1 aliphatic rings. The van der Waals surface area contributed by atoms with Gasteiger partial charge < -0.3 is 14.8 Å². The van der Waals surface area contributed by atoms with Crippen molar-refractivity contribution in [3.8, 4) is 11.6 Å². The Morgan fingerprint density at radius 1 is 1.21 bits per heavy atom. The number of hydrogen-bond donors (Lipinski definition) is 1. The molecule has 0 amide bonds. The third-order valence-electron chi connectivity index (χ3n) is 2.95. The minimum absolute atomic E-state index is 0.0389. The first kappa shape index (κ1) is 12.1. The topological polar surface area (TPSA) is 56.3 Å². The van der Waals surface area contributed by atoms with Crippen LogP contribution < -0.4 is 10.1 Å².